The Labute approximate surface area is 231 Å². The number of rotatable bonds is 11. The second kappa shape index (κ2) is 11.7. The fraction of sp³-hybridized carbons (Fsp3) is 0.500. The second-order valence-electron chi connectivity index (χ2n) is 11.5. The summed E-state index contributed by atoms with van der Waals surface area (Å²) in [7, 11) is -2.97. The van der Waals surface area contributed by atoms with Gasteiger partial charge in [0.2, 0.25) is 14.3 Å². The molecule has 2 aliphatic heterocycles. The number of anilines is 1. The lowest BCUT2D eigenvalue weighted by Crippen LogP contribution is -2.43. The molecule has 1 amide bonds. The number of carbonyl (C=O) groups excluding carboxylic acids is 1. The number of nitrogens with zero attached hydrogens (tertiary/aromatic N) is 4. The van der Waals surface area contributed by atoms with Crippen LogP contribution in [0.1, 0.15) is 48.9 Å². The van der Waals surface area contributed by atoms with E-state index in [1.165, 1.54) is 5.56 Å². The van der Waals surface area contributed by atoms with Crippen molar-refractivity contribution in [3.05, 3.63) is 77.6 Å². The Balaban J connectivity index is 1.20. The molecule has 7 nitrogen and oxygen atoms in total. The zero-order valence-corrected chi connectivity index (χ0v) is 24.0. The maximum absolute atomic E-state index is 15.6. The molecule has 1 N–H and O–H groups in total. The maximum atomic E-state index is 15.6. The molecular weight excluding hydrogens is 511 g/mol. The van der Waals surface area contributed by atoms with Crippen LogP contribution in [0.2, 0.25) is 18.6 Å². The van der Waals surface area contributed by atoms with E-state index in [9.17, 15) is 9.90 Å². The average Bonchev–Trinajstić information content (AvgIpc) is 3.51. The number of β-lactam (4-membered cyclic amide) rings is 1. The van der Waals surface area contributed by atoms with E-state index in [-0.39, 0.29) is 42.1 Å². The summed E-state index contributed by atoms with van der Waals surface area (Å²) in [4.78, 5) is 13.5. The van der Waals surface area contributed by atoms with Crippen LogP contribution in [0.15, 0.2) is 60.8 Å². The minimum atomic E-state index is -2.97. The van der Waals surface area contributed by atoms with E-state index in [0.29, 0.717) is 19.4 Å². The number of aryl methyl sites for hydroxylation is 2. The van der Waals surface area contributed by atoms with Crippen LogP contribution >= 0.6 is 0 Å². The van der Waals surface area contributed by atoms with Crippen LogP contribution in [0.5, 0.6) is 0 Å². The van der Waals surface area contributed by atoms with Gasteiger partial charge in [-0.1, -0.05) is 54.6 Å². The standard InChI is InChI=1S/C30H39FN4O3Si/c1-21-27(14-11-22-9-12-24(13-10-22)35-18-16-29(35)37)38-28(30(21)39(2,3)31)15-17-34-19-26(32-33-34)25(20-36)23-7-5-4-6-8-23/h4-10,12-13,19,21,25,27-28,30,36H,11,14-18,20H2,1-3H3/t21-,25?,27+,28-,30+/m0/s1. The first-order valence-corrected chi connectivity index (χ1v) is 17.0. The molecule has 3 aromatic rings. The Bertz CT molecular complexity index is 1250. The summed E-state index contributed by atoms with van der Waals surface area (Å²) in [5.41, 5.74) is 3.79. The smallest absolute Gasteiger partial charge is 0.246 e. The number of hydrogen-bond acceptors (Lipinski definition) is 5. The third-order valence-corrected chi connectivity index (χ3v) is 10.9. The number of ether oxygens (including phenoxy) is 1. The van der Waals surface area contributed by atoms with E-state index < -0.39 is 8.41 Å². The van der Waals surface area contributed by atoms with Gasteiger partial charge in [-0.05, 0) is 61.5 Å². The van der Waals surface area contributed by atoms with Gasteiger partial charge < -0.3 is 18.9 Å². The molecule has 2 aliphatic rings. The highest BCUT2D eigenvalue weighted by Crippen LogP contribution is 2.47. The molecule has 39 heavy (non-hydrogen) atoms. The van der Waals surface area contributed by atoms with Crippen molar-refractivity contribution in [2.75, 3.05) is 18.1 Å². The zero-order chi connectivity index (χ0) is 27.6. The molecule has 2 fully saturated rings. The predicted molar refractivity (Wildman–Crippen MR) is 152 cm³/mol. The van der Waals surface area contributed by atoms with E-state index >= 15 is 4.11 Å². The number of aliphatic hydroxyl groups is 1. The number of halogens is 1. The first-order valence-electron chi connectivity index (χ1n) is 14.0. The van der Waals surface area contributed by atoms with E-state index in [1.807, 2.05) is 48.7 Å². The summed E-state index contributed by atoms with van der Waals surface area (Å²) in [5.74, 6) is 0.0952. The lowest BCUT2D eigenvalue weighted by atomic mass is 9.95. The molecule has 0 aliphatic carbocycles. The van der Waals surface area contributed by atoms with Crippen LogP contribution in [0, 0.1) is 5.92 Å². The molecule has 1 aromatic heterocycles. The summed E-state index contributed by atoms with van der Waals surface area (Å²) >= 11 is 0. The van der Waals surface area contributed by atoms with Crippen LogP contribution in [0.25, 0.3) is 0 Å². The number of aromatic nitrogens is 3. The highest BCUT2D eigenvalue weighted by Gasteiger charge is 2.50. The Kier molecular flexibility index (Phi) is 8.30. The molecule has 3 heterocycles. The van der Waals surface area contributed by atoms with Crippen LogP contribution in [-0.4, -0.2) is 59.8 Å². The van der Waals surface area contributed by atoms with E-state index in [0.717, 1.165) is 36.3 Å². The van der Waals surface area contributed by atoms with Crippen molar-refractivity contribution >= 4 is 20.0 Å². The summed E-state index contributed by atoms with van der Waals surface area (Å²) in [6.07, 6.45) is 4.71. The fourth-order valence-electron chi connectivity index (χ4n) is 6.29. The summed E-state index contributed by atoms with van der Waals surface area (Å²) in [6.45, 7) is 7.06. The van der Waals surface area contributed by atoms with Gasteiger partial charge in [0.15, 0.2) is 0 Å². The zero-order valence-electron chi connectivity index (χ0n) is 23.0. The Morgan fingerprint density at radius 1 is 1.10 bits per heavy atom. The van der Waals surface area contributed by atoms with Gasteiger partial charge in [-0.3, -0.25) is 9.48 Å². The van der Waals surface area contributed by atoms with Gasteiger partial charge in [0, 0.05) is 36.9 Å². The van der Waals surface area contributed by atoms with Crippen molar-refractivity contribution in [2.24, 2.45) is 5.92 Å². The number of hydrogen-bond donors (Lipinski definition) is 1. The van der Waals surface area contributed by atoms with E-state index in [2.05, 4.69) is 29.4 Å². The quantitative estimate of drug-likeness (QED) is 0.204. The SMILES string of the molecule is C[C@@H]1[C@@H]([Si](C)(C)F)[C@H](CCn2cc(C(CO)c3ccccc3)nn2)O[C@@H]1CCc1ccc(N2CCC2=O)cc1. The molecule has 2 aromatic carbocycles. The first kappa shape index (κ1) is 27.7. The van der Waals surface area contributed by atoms with Crippen molar-refractivity contribution in [1.29, 1.82) is 0 Å². The fourth-order valence-corrected chi connectivity index (χ4v) is 8.88. The summed E-state index contributed by atoms with van der Waals surface area (Å²) < 4.78 is 23.9. The third-order valence-electron chi connectivity index (χ3n) is 8.45. The van der Waals surface area contributed by atoms with Gasteiger partial charge in [0.1, 0.15) is 0 Å². The molecule has 0 radical (unpaired) electrons. The molecule has 9 heteroatoms. The van der Waals surface area contributed by atoms with Crippen LogP contribution in [0.4, 0.5) is 9.80 Å². The topological polar surface area (TPSA) is 80.5 Å². The molecule has 1 unspecified atom stereocenters. The Hall–Kier alpha value is -2.88. The molecule has 0 saturated carbocycles. The maximum Gasteiger partial charge on any atom is 0.246 e. The van der Waals surface area contributed by atoms with Gasteiger partial charge in [0.05, 0.1) is 30.4 Å². The predicted octanol–water partition coefficient (Wildman–Crippen LogP) is 5.11. The van der Waals surface area contributed by atoms with Crippen LogP contribution < -0.4 is 4.90 Å². The van der Waals surface area contributed by atoms with Crippen molar-refractivity contribution < 1.29 is 18.7 Å². The van der Waals surface area contributed by atoms with Crippen molar-refractivity contribution in [3.63, 3.8) is 0 Å². The molecule has 2 saturated heterocycles. The van der Waals surface area contributed by atoms with E-state index in [1.54, 1.807) is 22.7 Å². The second-order valence-corrected chi connectivity index (χ2v) is 15.3. The minimum Gasteiger partial charge on any atom is -0.395 e. The van der Waals surface area contributed by atoms with E-state index in [4.69, 9.17) is 4.74 Å². The summed E-state index contributed by atoms with van der Waals surface area (Å²) in [6, 6.07) is 18.0. The lowest BCUT2D eigenvalue weighted by Gasteiger charge is -2.30. The van der Waals surface area contributed by atoms with Crippen molar-refractivity contribution in [3.8, 4) is 0 Å². The number of carbonyl (C=O) groups is 1. The molecular formula is C30H39FN4O3Si. The van der Waals surface area contributed by atoms with Gasteiger partial charge in [-0.25, -0.2) is 0 Å². The van der Waals surface area contributed by atoms with Gasteiger partial charge in [-0.15, -0.1) is 5.10 Å². The lowest BCUT2D eigenvalue weighted by molar-refractivity contribution is -0.122. The minimum absolute atomic E-state index is 0.00215. The normalized spacial score (nSPS) is 24.1. The van der Waals surface area contributed by atoms with Crippen LogP contribution in [0.3, 0.4) is 0 Å². The molecule has 5 atom stereocenters. The van der Waals surface area contributed by atoms with Gasteiger partial charge in [0.25, 0.3) is 0 Å². The monoisotopic (exact) mass is 550 g/mol. The average molecular weight is 551 g/mol. The van der Waals surface area contributed by atoms with Crippen LogP contribution in [-0.2, 0) is 22.5 Å². The highest BCUT2D eigenvalue weighted by atomic mass is 28.4. The molecule has 208 valence electrons. The largest absolute Gasteiger partial charge is 0.395 e. The van der Waals surface area contributed by atoms with Crippen molar-refractivity contribution in [2.45, 2.75) is 75.9 Å². The molecule has 5 rings (SSSR count). The number of amides is 1. The molecule has 0 spiro atoms. The first-order chi connectivity index (χ1) is 18.7. The van der Waals surface area contributed by atoms with Gasteiger partial charge in [-0.2, -0.15) is 0 Å². The van der Waals surface area contributed by atoms with Gasteiger partial charge >= 0.3 is 0 Å². The third kappa shape index (κ3) is 6.15. The number of aliphatic hydroxyl groups excluding tert-OH is 1. The number of benzene rings is 2. The Morgan fingerprint density at radius 3 is 2.46 bits per heavy atom. The highest BCUT2D eigenvalue weighted by molar-refractivity contribution is 6.72. The Morgan fingerprint density at radius 2 is 1.85 bits per heavy atom. The van der Waals surface area contributed by atoms with Crippen molar-refractivity contribution in [1.82, 2.24) is 15.0 Å². The molecule has 0 bridgehead atoms. The summed E-state index contributed by atoms with van der Waals surface area (Å²) in [5, 5.41) is 18.6.